The smallest absolute Gasteiger partial charge is 0.155 e. The van der Waals surface area contributed by atoms with Gasteiger partial charge in [-0.1, -0.05) is 12.5 Å². The van der Waals surface area contributed by atoms with Gasteiger partial charge < -0.3 is 0 Å². The lowest BCUT2D eigenvalue weighted by molar-refractivity contribution is -0.116. The van der Waals surface area contributed by atoms with Gasteiger partial charge in [0.25, 0.3) is 0 Å². The van der Waals surface area contributed by atoms with E-state index in [2.05, 4.69) is 13.0 Å². The number of nitriles is 1. The maximum absolute atomic E-state index is 11.8. The minimum absolute atomic E-state index is 0.341. The van der Waals surface area contributed by atoms with Gasteiger partial charge in [0.05, 0.1) is 12.0 Å². The SMILES string of the molecule is CC[C@]12CC[C@H]3[C@@H](CCC4=CC(=O)CC[C@@H]43)[C@@H]1[C@@H]1C[C@@H]1[C@@H]2C#N. The summed E-state index contributed by atoms with van der Waals surface area (Å²) in [6.45, 7) is 2.34. The highest BCUT2D eigenvalue weighted by Crippen LogP contribution is 2.75. The summed E-state index contributed by atoms with van der Waals surface area (Å²) in [7, 11) is 0. The molecule has 5 aliphatic rings. The Kier molecular flexibility index (Phi) is 2.92. The van der Waals surface area contributed by atoms with Crippen molar-refractivity contribution in [2.75, 3.05) is 0 Å². The van der Waals surface area contributed by atoms with Crippen LogP contribution in [0.4, 0.5) is 0 Å². The molecule has 0 spiro atoms. The fraction of sp³-hybridized carbons (Fsp3) is 0.810. The van der Waals surface area contributed by atoms with Crippen molar-refractivity contribution in [3.8, 4) is 6.07 Å². The molecule has 0 aromatic heterocycles. The van der Waals surface area contributed by atoms with Crippen molar-refractivity contribution >= 4 is 5.78 Å². The topological polar surface area (TPSA) is 40.9 Å². The first-order valence-electron chi connectivity index (χ1n) is 9.82. The van der Waals surface area contributed by atoms with E-state index >= 15 is 0 Å². The number of fused-ring (bicyclic) bond motifs is 7. The minimum atomic E-state index is 0.341. The molecule has 5 rings (SSSR count). The second-order valence-corrected chi connectivity index (χ2v) is 9.02. The maximum atomic E-state index is 11.8. The molecule has 0 unspecified atom stereocenters. The predicted molar refractivity (Wildman–Crippen MR) is 88.2 cm³/mol. The third kappa shape index (κ3) is 1.72. The van der Waals surface area contributed by atoms with E-state index < -0.39 is 0 Å². The molecular formula is C21H27NO. The Hall–Kier alpha value is -1.10. The fourth-order valence-corrected chi connectivity index (χ4v) is 7.77. The Bertz CT molecular complexity index is 628. The fourth-order valence-electron chi connectivity index (χ4n) is 7.77. The summed E-state index contributed by atoms with van der Waals surface area (Å²) in [6.07, 6.45) is 11.4. The molecule has 4 fully saturated rings. The summed E-state index contributed by atoms with van der Waals surface area (Å²) in [4.78, 5) is 11.8. The second-order valence-electron chi connectivity index (χ2n) is 9.02. The Morgan fingerprint density at radius 3 is 2.83 bits per heavy atom. The molecule has 5 aliphatic carbocycles. The van der Waals surface area contributed by atoms with Crippen LogP contribution in [0.3, 0.4) is 0 Å². The number of nitrogens with zero attached hydrogens (tertiary/aromatic N) is 1. The normalized spacial score (nSPS) is 53.3. The van der Waals surface area contributed by atoms with Crippen LogP contribution in [0.25, 0.3) is 0 Å². The first-order chi connectivity index (χ1) is 11.2. The van der Waals surface area contributed by atoms with Gasteiger partial charge >= 0.3 is 0 Å². The molecular weight excluding hydrogens is 282 g/mol. The average Bonchev–Trinajstić information content (AvgIpc) is 3.28. The molecule has 0 N–H and O–H groups in total. The zero-order valence-electron chi connectivity index (χ0n) is 14.1. The summed E-state index contributed by atoms with van der Waals surface area (Å²) >= 11 is 0. The summed E-state index contributed by atoms with van der Waals surface area (Å²) in [5, 5.41) is 9.81. The first-order valence-corrected chi connectivity index (χ1v) is 9.82. The number of carbonyl (C=O) groups is 1. The minimum Gasteiger partial charge on any atom is -0.295 e. The Labute approximate surface area is 139 Å². The number of hydrogen-bond acceptors (Lipinski definition) is 2. The van der Waals surface area contributed by atoms with Crippen LogP contribution < -0.4 is 0 Å². The Morgan fingerprint density at radius 1 is 1.17 bits per heavy atom. The van der Waals surface area contributed by atoms with Crippen LogP contribution in [0, 0.1) is 58.2 Å². The van der Waals surface area contributed by atoms with Crippen molar-refractivity contribution < 1.29 is 4.79 Å². The van der Waals surface area contributed by atoms with Crippen LogP contribution in [0.1, 0.15) is 58.3 Å². The molecule has 0 aliphatic heterocycles. The molecule has 4 saturated carbocycles. The van der Waals surface area contributed by atoms with Crippen molar-refractivity contribution in [1.82, 2.24) is 0 Å². The van der Waals surface area contributed by atoms with E-state index in [-0.39, 0.29) is 0 Å². The van der Waals surface area contributed by atoms with Crippen LogP contribution in [0.5, 0.6) is 0 Å². The van der Waals surface area contributed by atoms with Gasteiger partial charge in [0.15, 0.2) is 5.78 Å². The molecule has 122 valence electrons. The molecule has 0 saturated heterocycles. The molecule has 0 amide bonds. The lowest BCUT2D eigenvalue weighted by Crippen LogP contribution is -2.49. The van der Waals surface area contributed by atoms with Gasteiger partial charge in [0.1, 0.15) is 0 Å². The molecule has 23 heavy (non-hydrogen) atoms. The zero-order chi connectivity index (χ0) is 15.8. The number of rotatable bonds is 1. The van der Waals surface area contributed by atoms with Crippen molar-refractivity contribution in [2.45, 2.75) is 58.3 Å². The van der Waals surface area contributed by atoms with E-state index in [4.69, 9.17) is 0 Å². The second kappa shape index (κ2) is 4.71. The summed E-state index contributed by atoms with van der Waals surface area (Å²) in [5.41, 5.74) is 1.82. The number of hydrogen-bond donors (Lipinski definition) is 0. The maximum Gasteiger partial charge on any atom is 0.155 e. The van der Waals surface area contributed by atoms with Crippen molar-refractivity contribution in [1.29, 1.82) is 5.26 Å². The highest BCUT2D eigenvalue weighted by atomic mass is 16.1. The lowest BCUT2D eigenvalue weighted by Gasteiger charge is -2.55. The quantitative estimate of drug-likeness (QED) is 0.715. The average molecular weight is 309 g/mol. The van der Waals surface area contributed by atoms with Gasteiger partial charge in [0.2, 0.25) is 0 Å². The summed E-state index contributed by atoms with van der Waals surface area (Å²) in [5.74, 6) is 5.46. The van der Waals surface area contributed by atoms with Crippen LogP contribution in [-0.2, 0) is 4.79 Å². The molecule has 8 atom stereocenters. The number of carbonyl (C=O) groups excluding carboxylic acids is 1. The summed E-state index contributed by atoms with van der Waals surface area (Å²) < 4.78 is 0. The number of allylic oxidation sites excluding steroid dienone is 1. The van der Waals surface area contributed by atoms with Gasteiger partial charge in [-0.15, -0.1) is 0 Å². The molecule has 2 heteroatoms. The molecule has 2 nitrogen and oxygen atoms in total. The van der Waals surface area contributed by atoms with E-state index in [1.54, 1.807) is 0 Å². The molecule has 0 bridgehead atoms. The van der Waals surface area contributed by atoms with Gasteiger partial charge in [-0.3, -0.25) is 4.79 Å². The van der Waals surface area contributed by atoms with Gasteiger partial charge in [0, 0.05) is 6.42 Å². The van der Waals surface area contributed by atoms with E-state index in [1.165, 1.54) is 37.7 Å². The van der Waals surface area contributed by atoms with E-state index in [9.17, 15) is 10.1 Å². The van der Waals surface area contributed by atoms with E-state index in [0.29, 0.717) is 23.0 Å². The zero-order valence-corrected chi connectivity index (χ0v) is 14.1. The van der Waals surface area contributed by atoms with E-state index in [1.807, 2.05) is 6.08 Å². The monoisotopic (exact) mass is 309 g/mol. The highest BCUT2D eigenvalue weighted by Gasteiger charge is 2.70. The van der Waals surface area contributed by atoms with Crippen molar-refractivity contribution in [2.24, 2.45) is 46.8 Å². The van der Waals surface area contributed by atoms with Crippen LogP contribution in [0.2, 0.25) is 0 Å². The van der Waals surface area contributed by atoms with E-state index in [0.717, 1.165) is 48.9 Å². The van der Waals surface area contributed by atoms with Crippen molar-refractivity contribution in [3.63, 3.8) is 0 Å². The third-order valence-corrected chi connectivity index (χ3v) is 8.62. The molecule has 0 heterocycles. The number of ketones is 1. The van der Waals surface area contributed by atoms with Crippen LogP contribution >= 0.6 is 0 Å². The van der Waals surface area contributed by atoms with Crippen LogP contribution in [-0.4, -0.2) is 5.78 Å². The lowest BCUT2D eigenvalue weighted by atomic mass is 9.49. The Balaban J connectivity index is 1.51. The molecule has 0 aromatic carbocycles. The van der Waals surface area contributed by atoms with Crippen molar-refractivity contribution in [3.05, 3.63) is 11.6 Å². The standard InChI is InChI=1S/C21H27NO/c1-2-21-8-7-15-14-6-4-13(23)9-12(14)3-5-16(15)20(21)18-10-17(18)19(21)11-22/h9,14-20H,2-8,10H2,1H3/t14-,15+,16+,17-,18+,19-,20+,21+/m0/s1. The predicted octanol–water partition coefficient (Wildman–Crippen LogP) is 4.51. The molecule has 0 radical (unpaired) electrons. The first kappa shape index (κ1) is 14.3. The third-order valence-electron chi connectivity index (χ3n) is 8.62. The molecule has 0 aromatic rings. The van der Waals surface area contributed by atoms with Gasteiger partial charge in [-0.05, 0) is 91.9 Å². The summed E-state index contributed by atoms with van der Waals surface area (Å²) in [6, 6.07) is 2.75. The van der Waals surface area contributed by atoms with Gasteiger partial charge in [-0.25, -0.2) is 0 Å². The highest BCUT2D eigenvalue weighted by molar-refractivity contribution is 5.91. The largest absolute Gasteiger partial charge is 0.295 e. The Morgan fingerprint density at radius 2 is 2.04 bits per heavy atom. The van der Waals surface area contributed by atoms with Gasteiger partial charge in [-0.2, -0.15) is 5.26 Å². The van der Waals surface area contributed by atoms with Crippen LogP contribution in [0.15, 0.2) is 11.6 Å².